The fourth-order valence-corrected chi connectivity index (χ4v) is 1.99. The highest BCUT2D eigenvalue weighted by Crippen LogP contribution is 2.22. The Morgan fingerprint density at radius 1 is 1.40 bits per heavy atom. The van der Waals surface area contributed by atoms with Gasteiger partial charge in [0.05, 0.1) is 12.8 Å². The zero-order chi connectivity index (χ0) is 14.4. The molecule has 0 fully saturated rings. The summed E-state index contributed by atoms with van der Waals surface area (Å²) in [6.07, 6.45) is 4.44. The molecule has 108 valence electrons. The first-order chi connectivity index (χ1) is 9.70. The highest BCUT2D eigenvalue weighted by Gasteiger charge is 2.09. The van der Waals surface area contributed by atoms with Gasteiger partial charge in [0.25, 0.3) is 0 Å². The number of para-hydroxylation sites is 1. The molecule has 0 bridgehead atoms. The number of benzene rings is 1. The third-order valence-electron chi connectivity index (χ3n) is 3.01. The maximum atomic E-state index is 13.8. The predicted molar refractivity (Wildman–Crippen MR) is 76.2 cm³/mol. The number of halogens is 1. The summed E-state index contributed by atoms with van der Waals surface area (Å²) in [5, 5.41) is 7.28. The maximum Gasteiger partial charge on any atom is 0.165 e. The van der Waals surface area contributed by atoms with Crippen LogP contribution in [0.1, 0.15) is 18.1 Å². The van der Waals surface area contributed by atoms with Crippen LogP contribution in [0.5, 0.6) is 5.75 Å². The van der Waals surface area contributed by atoms with E-state index in [4.69, 9.17) is 4.74 Å². The van der Waals surface area contributed by atoms with Crippen LogP contribution in [0.25, 0.3) is 0 Å². The van der Waals surface area contributed by atoms with Gasteiger partial charge in [-0.2, -0.15) is 5.10 Å². The van der Waals surface area contributed by atoms with Gasteiger partial charge < -0.3 is 10.1 Å². The van der Waals surface area contributed by atoms with Crippen molar-refractivity contribution in [1.82, 2.24) is 15.1 Å². The van der Waals surface area contributed by atoms with E-state index in [0.717, 1.165) is 17.7 Å². The van der Waals surface area contributed by atoms with Crippen LogP contribution < -0.4 is 10.1 Å². The number of aryl methyl sites for hydroxylation is 1. The summed E-state index contributed by atoms with van der Waals surface area (Å²) in [4.78, 5) is 0. The molecule has 0 unspecified atom stereocenters. The SMILES string of the molecule is CCNCc1cccc(F)c1OCCc1cnn(C)c1. The van der Waals surface area contributed by atoms with Crippen molar-refractivity contribution in [2.24, 2.45) is 7.05 Å². The van der Waals surface area contributed by atoms with E-state index in [9.17, 15) is 4.39 Å². The lowest BCUT2D eigenvalue weighted by Crippen LogP contribution is -2.14. The van der Waals surface area contributed by atoms with E-state index in [1.54, 1.807) is 16.9 Å². The maximum absolute atomic E-state index is 13.8. The standard InChI is InChI=1S/C15H20FN3O/c1-3-17-10-13-5-4-6-14(16)15(13)20-8-7-12-9-18-19(2)11-12/h4-6,9,11,17H,3,7-8,10H2,1-2H3. The summed E-state index contributed by atoms with van der Waals surface area (Å²) >= 11 is 0. The second-order valence-corrected chi connectivity index (χ2v) is 4.63. The third-order valence-corrected chi connectivity index (χ3v) is 3.01. The van der Waals surface area contributed by atoms with E-state index in [1.165, 1.54) is 6.07 Å². The second kappa shape index (κ2) is 7.05. The largest absolute Gasteiger partial charge is 0.490 e. The van der Waals surface area contributed by atoms with Crippen molar-refractivity contribution in [3.8, 4) is 5.75 Å². The van der Waals surface area contributed by atoms with E-state index < -0.39 is 0 Å². The molecule has 2 rings (SSSR count). The van der Waals surface area contributed by atoms with Gasteiger partial charge in [-0.1, -0.05) is 19.1 Å². The lowest BCUT2D eigenvalue weighted by atomic mass is 10.2. The van der Waals surface area contributed by atoms with Crippen LogP contribution in [0, 0.1) is 5.82 Å². The first-order valence-corrected chi connectivity index (χ1v) is 6.79. The van der Waals surface area contributed by atoms with Crippen LogP contribution in [-0.4, -0.2) is 22.9 Å². The first-order valence-electron chi connectivity index (χ1n) is 6.79. The van der Waals surface area contributed by atoms with E-state index in [1.807, 2.05) is 26.2 Å². The van der Waals surface area contributed by atoms with Gasteiger partial charge in [0.15, 0.2) is 11.6 Å². The van der Waals surface area contributed by atoms with Crippen LogP contribution in [0.2, 0.25) is 0 Å². The van der Waals surface area contributed by atoms with Crippen LogP contribution >= 0.6 is 0 Å². The summed E-state index contributed by atoms with van der Waals surface area (Å²) < 4.78 is 21.2. The number of ether oxygens (including phenoxy) is 1. The number of aromatic nitrogens is 2. The summed E-state index contributed by atoms with van der Waals surface area (Å²) in [7, 11) is 1.87. The number of nitrogens with zero attached hydrogens (tertiary/aromatic N) is 2. The van der Waals surface area contributed by atoms with Gasteiger partial charge in [-0.3, -0.25) is 4.68 Å². The van der Waals surface area contributed by atoms with Crippen molar-refractivity contribution < 1.29 is 9.13 Å². The van der Waals surface area contributed by atoms with E-state index in [2.05, 4.69) is 10.4 Å². The van der Waals surface area contributed by atoms with Crippen molar-refractivity contribution in [3.05, 3.63) is 47.5 Å². The minimum atomic E-state index is -0.313. The highest BCUT2D eigenvalue weighted by molar-refractivity contribution is 5.35. The molecule has 4 nitrogen and oxygen atoms in total. The minimum absolute atomic E-state index is 0.313. The molecule has 1 N–H and O–H groups in total. The van der Waals surface area contributed by atoms with Crippen LogP contribution in [-0.2, 0) is 20.0 Å². The van der Waals surface area contributed by atoms with E-state index in [0.29, 0.717) is 25.3 Å². The van der Waals surface area contributed by atoms with Crippen molar-refractivity contribution >= 4 is 0 Å². The fraction of sp³-hybridized carbons (Fsp3) is 0.400. The molecule has 0 atom stereocenters. The molecule has 0 aliphatic heterocycles. The summed E-state index contributed by atoms with van der Waals surface area (Å²) in [6, 6.07) is 5.01. The number of hydrogen-bond acceptors (Lipinski definition) is 3. The first kappa shape index (κ1) is 14.5. The van der Waals surface area contributed by atoms with Gasteiger partial charge in [0.2, 0.25) is 0 Å². The summed E-state index contributed by atoms with van der Waals surface area (Å²) in [6.45, 7) is 3.90. The van der Waals surface area contributed by atoms with Crippen LogP contribution in [0.15, 0.2) is 30.6 Å². The zero-order valence-electron chi connectivity index (χ0n) is 11.9. The zero-order valence-corrected chi connectivity index (χ0v) is 11.9. The van der Waals surface area contributed by atoms with Crippen molar-refractivity contribution in [3.63, 3.8) is 0 Å². The number of nitrogens with one attached hydrogen (secondary N) is 1. The minimum Gasteiger partial charge on any atom is -0.490 e. The molecule has 20 heavy (non-hydrogen) atoms. The van der Waals surface area contributed by atoms with Crippen molar-refractivity contribution in [2.75, 3.05) is 13.2 Å². The molecular weight excluding hydrogens is 257 g/mol. The van der Waals surface area contributed by atoms with Gasteiger partial charge in [-0.15, -0.1) is 0 Å². The fourth-order valence-electron chi connectivity index (χ4n) is 1.99. The molecular formula is C15H20FN3O. The molecule has 0 saturated heterocycles. The Bertz CT molecular complexity index is 554. The molecule has 2 aromatic rings. The quantitative estimate of drug-likeness (QED) is 0.844. The Labute approximate surface area is 118 Å². The lowest BCUT2D eigenvalue weighted by molar-refractivity contribution is 0.301. The van der Waals surface area contributed by atoms with E-state index in [-0.39, 0.29) is 5.82 Å². The number of rotatable bonds is 7. The molecule has 1 aromatic heterocycles. The normalized spacial score (nSPS) is 10.8. The van der Waals surface area contributed by atoms with Crippen molar-refractivity contribution in [2.45, 2.75) is 19.9 Å². The number of hydrogen-bond donors (Lipinski definition) is 1. The lowest BCUT2D eigenvalue weighted by Gasteiger charge is -2.12. The average molecular weight is 277 g/mol. The van der Waals surface area contributed by atoms with Crippen LogP contribution in [0.3, 0.4) is 0 Å². The van der Waals surface area contributed by atoms with Gasteiger partial charge in [0.1, 0.15) is 0 Å². The van der Waals surface area contributed by atoms with E-state index >= 15 is 0 Å². The predicted octanol–water partition coefficient (Wildman–Crippen LogP) is 2.29. The highest BCUT2D eigenvalue weighted by atomic mass is 19.1. The molecule has 0 aliphatic carbocycles. The monoisotopic (exact) mass is 277 g/mol. The Morgan fingerprint density at radius 2 is 2.25 bits per heavy atom. The Kier molecular flexibility index (Phi) is 5.12. The van der Waals surface area contributed by atoms with Gasteiger partial charge in [0, 0.05) is 31.8 Å². The van der Waals surface area contributed by atoms with Gasteiger partial charge in [-0.25, -0.2) is 4.39 Å². The Hall–Kier alpha value is -1.88. The molecule has 1 aromatic carbocycles. The van der Waals surface area contributed by atoms with Crippen molar-refractivity contribution in [1.29, 1.82) is 0 Å². The second-order valence-electron chi connectivity index (χ2n) is 4.63. The third kappa shape index (κ3) is 3.81. The molecule has 0 saturated carbocycles. The molecule has 0 aliphatic rings. The Morgan fingerprint density at radius 3 is 2.95 bits per heavy atom. The van der Waals surface area contributed by atoms with Crippen LogP contribution in [0.4, 0.5) is 4.39 Å². The summed E-state index contributed by atoms with van der Waals surface area (Å²) in [5.74, 6) is 0.0314. The smallest absolute Gasteiger partial charge is 0.165 e. The average Bonchev–Trinajstić information content (AvgIpc) is 2.84. The van der Waals surface area contributed by atoms with Gasteiger partial charge >= 0.3 is 0 Å². The van der Waals surface area contributed by atoms with Gasteiger partial charge in [-0.05, 0) is 18.2 Å². The molecule has 5 heteroatoms. The molecule has 0 radical (unpaired) electrons. The molecule has 0 amide bonds. The molecule has 0 spiro atoms. The summed E-state index contributed by atoms with van der Waals surface area (Å²) in [5.41, 5.74) is 1.93. The molecule has 1 heterocycles. The Balaban J connectivity index is 1.97. The topological polar surface area (TPSA) is 39.1 Å².